The van der Waals surface area contributed by atoms with E-state index in [-0.39, 0.29) is 5.41 Å². The molecule has 2 unspecified atom stereocenters. The van der Waals surface area contributed by atoms with Crippen LogP contribution in [-0.4, -0.2) is 23.5 Å². The summed E-state index contributed by atoms with van der Waals surface area (Å²) >= 11 is 0. The van der Waals surface area contributed by atoms with Gasteiger partial charge in [-0.2, -0.15) is 0 Å². The minimum atomic E-state index is -0.668. The lowest BCUT2D eigenvalue weighted by molar-refractivity contribution is -0.0274. The second-order valence-corrected chi connectivity index (χ2v) is 10.3. The van der Waals surface area contributed by atoms with Gasteiger partial charge in [-0.15, -0.1) is 0 Å². The van der Waals surface area contributed by atoms with Crippen molar-refractivity contribution in [3.05, 3.63) is 58.2 Å². The van der Waals surface area contributed by atoms with Crippen LogP contribution in [0.2, 0.25) is 0 Å². The van der Waals surface area contributed by atoms with E-state index in [0.29, 0.717) is 24.0 Å². The first-order valence-electron chi connectivity index (χ1n) is 11.9. The molecular weight excluding hydrogens is 376 g/mol. The van der Waals surface area contributed by atoms with Gasteiger partial charge in [-0.3, -0.25) is 4.90 Å². The first-order chi connectivity index (χ1) is 14.3. The van der Waals surface area contributed by atoms with Crippen LogP contribution in [0.5, 0.6) is 0 Å². The van der Waals surface area contributed by atoms with Gasteiger partial charge in [0.25, 0.3) is 0 Å². The summed E-state index contributed by atoms with van der Waals surface area (Å²) in [5.41, 5.74) is 4.51. The van der Waals surface area contributed by atoms with Crippen molar-refractivity contribution in [1.82, 2.24) is 4.90 Å². The summed E-state index contributed by atoms with van der Waals surface area (Å²) in [4.78, 5) is 2.58. The Balaban J connectivity index is 1.43. The molecule has 3 heteroatoms. The zero-order valence-corrected chi connectivity index (χ0v) is 19.0. The third-order valence-corrected chi connectivity index (χ3v) is 8.36. The predicted molar refractivity (Wildman–Crippen MR) is 121 cm³/mol. The van der Waals surface area contributed by atoms with Gasteiger partial charge in [-0.1, -0.05) is 49.6 Å². The highest BCUT2D eigenvalue weighted by Gasteiger charge is 2.40. The fourth-order valence-corrected chi connectivity index (χ4v) is 5.92. The van der Waals surface area contributed by atoms with E-state index in [1.807, 2.05) is 6.92 Å². The number of fused-ring (bicyclic) bond motifs is 2. The van der Waals surface area contributed by atoms with Crippen molar-refractivity contribution in [1.29, 1.82) is 0 Å². The van der Waals surface area contributed by atoms with Crippen LogP contribution < -0.4 is 0 Å². The SMILES string of the molecule is C=C(C)/C(Cc1ccc(CCCN2C3CCCC2C3)c(F)c1F)=C(\C)C1(C)CCC1. The average molecular weight is 414 g/mol. The van der Waals surface area contributed by atoms with Crippen molar-refractivity contribution in [3.8, 4) is 0 Å². The van der Waals surface area contributed by atoms with Crippen molar-refractivity contribution >= 4 is 0 Å². The van der Waals surface area contributed by atoms with Crippen LogP contribution in [-0.2, 0) is 12.8 Å². The molecule has 2 bridgehead atoms. The molecule has 1 nitrogen and oxygen atoms in total. The molecule has 0 radical (unpaired) electrons. The minimum Gasteiger partial charge on any atom is -0.297 e. The minimum absolute atomic E-state index is 0.193. The predicted octanol–water partition coefficient (Wildman–Crippen LogP) is 7.15. The summed E-state index contributed by atoms with van der Waals surface area (Å²) in [5.74, 6) is -1.32. The molecule has 2 aliphatic heterocycles. The van der Waals surface area contributed by atoms with Gasteiger partial charge >= 0.3 is 0 Å². The fraction of sp³-hybridized carbons (Fsp3) is 0.630. The molecule has 4 rings (SSSR count). The number of halogens is 2. The topological polar surface area (TPSA) is 3.24 Å². The van der Waals surface area contributed by atoms with Gasteiger partial charge in [-0.25, -0.2) is 8.78 Å². The molecule has 0 aromatic heterocycles. The van der Waals surface area contributed by atoms with Crippen LogP contribution in [0, 0.1) is 17.0 Å². The van der Waals surface area contributed by atoms with E-state index in [1.165, 1.54) is 50.5 Å². The van der Waals surface area contributed by atoms with Gasteiger partial charge in [0.15, 0.2) is 11.6 Å². The monoisotopic (exact) mass is 413 g/mol. The molecule has 1 aromatic carbocycles. The maximum absolute atomic E-state index is 15.0. The van der Waals surface area contributed by atoms with Crippen LogP contribution in [0.3, 0.4) is 0 Å². The Bertz CT molecular complexity index is 835. The highest BCUT2D eigenvalue weighted by molar-refractivity contribution is 5.40. The standard InChI is InChI=1S/C27H37F2N/c1-18(2)24(19(3)27(4)13-7-14-27)16-21-12-11-20(25(28)26(21)29)8-6-15-30-22-9-5-10-23(30)17-22/h11-12,22-23H,1,5-10,13-17H2,2-4H3/b24-19+. The molecule has 0 N–H and O–H groups in total. The van der Waals surface area contributed by atoms with Crippen molar-refractivity contribution in [3.63, 3.8) is 0 Å². The zero-order valence-electron chi connectivity index (χ0n) is 19.0. The Kier molecular flexibility index (Phi) is 6.21. The number of aryl methyl sites for hydroxylation is 1. The third kappa shape index (κ3) is 4.02. The van der Waals surface area contributed by atoms with Crippen molar-refractivity contribution in [2.24, 2.45) is 5.41 Å². The number of piperidine rings is 1. The Morgan fingerprint density at radius 3 is 2.27 bits per heavy atom. The summed E-state index contributed by atoms with van der Waals surface area (Å²) < 4.78 is 29.8. The van der Waals surface area contributed by atoms with Crippen LogP contribution >= 0.6 is 0 Å². The smallest absolute Gasteiger partial charge is 0.162 e. The molecule has 164 valence electrons. The summed E-state index contributed by atoms with van der Waals surface area (Å²) in [6, 6.07) is 5.11. The zero-order chi connectivity index (χ0) is 21.5. The van der Waals surface area contributed by atoms with E-state index < -0.39 is 11.6 Å². The highest BCUT2D eigenvalue weighted by atomic mass is 19.2. The molecule has 1 saturated carbocycles. The van der Waals surface area contributed by atoms with Gasteiger partial charge in [0.05, 0.1) is 0 Å². The highest BCUT2D eigenvalue weighted by Crippen LogP contribution is 2.48. The molecule has 2 saturated heterocycles. The van der Waals surface area contributed by atoms with Crippen LogP contribution in [0.25, 0.3) is 0 Å². The number of hydrogen-bond acceptors (Lipinski definition) is 1. The van der Waals surface area contributed by atoms with Crippen molar-refractivity contribution in [2.75, 3.05) is 6.54 Å². The number of allylic oxidation sites excluding steroid dienone is 3. The van der Waals surface area contributed by atoms with Crippen LogP contribution in [0.15, 0.2) is 35.4 Å². The lowest BCUT2D eigenvalue weighted by atomic mass is 9.64. The molecule has 2 heterocycles. The second-order valence-electron chi connectivity index (χ2n) is 10.3. The largest absolute Gasteiger partial charge is 0.297 e. The van der Waals surface area contributed by atoms with E-state index >= 15 is 0 Å². The number of nitrogens with zero attached hydrogens (tertiary/aromatic N) is 1. The Morgan fingerprint density at radius 2 is 1.70 bits per heavy atom. The van der Waals surface area contributed by atoms with E-state index in [4.69, 9.17) is 0 Å². The first kappa shape index (κ1) is 21.7. The van der Waals surface area contributed by atoms with Gasteiger partial charge < -0.3 is 0 Å². The maximum Gasteiger partial charge on any atom is 0.162 e. The van der Waals surface area contributed by atoms with Gasteiger partial charge in [0.1, 0.15) is 0 Å². The Hall–Kier alpha value is -1.48. The summed E-state index contributed by atoms with van der Waals surface area (Å²) in [6.07, 6.45) is 10.8. The van der Waals surface area contributed by atoms with Gasteiger partial charge in [0, 0.05) is 18.5 Å². The summed E-state index contributed by atoms with van der Waals surface area (Å²) in [7, 11) is 0. The lowest BCUT2D eigenvalue weighted by Gasteiger charge is -2.53. The quantitative estimate of drug-likeness (QED) is 0.409. The van der Waals surface area contributed by atoms with Crippen LogP contribution in [0.1, 0.15) is 83.3 Å². The molecule has 1 aromatic rings. The van der Waals surface area contributed by atoms with Crippen molar-refractivity contribution < 1.29 is 8.78 Å². The van der Waals surface area contributed by atoms with Gasteiger partial charge in [-0.05, 0) is 87.5 Å². The maximum atomic E-state index is 15.0. The molecule has 0 amide bonds. The molecule has 2 atom stereocenters. The normalized spacial score (nSPS) is 25.9. The molecule has 30 heavy (non-hydrogen) atoms. The molecular formula is C27H37F2N. The number of benzene rings is 1. The molecule has 0 spiro atoms. The Morgan fingerprint density at radius 1 is 1.07 bits per heavy atom. The first-order valence-corrected chi connectivity index (χ1v) is 11.9. The lowest BCUT2D eigenvalue weighted by Crippen LogP contribution is -2.58. The van der Waals surface area contributed by atoms with E-state index in [1.54, 1.807) is 12.1 Å². The fourth-order valence-electron chi connectivity index (χ4n) is 5.92. The molecule has 3 aliphatic rings. The van der Waals surface area contributed by atoms with Crippen LogP contribution in [0.4, 0.5) is 8.78 Å². The molecule has 1 aliphatic carbocycles. The molecule has 3 fully saturated rings. The van der Waals surface area contributed by atoms with E-state index in [9.17, 15) is 8.78 Å². The second kappa shape index (κ2) is 8.57. The van der Waals surface area contributed by atoms with Crippen molar-refractivity contribution in [2.45, 2.75) is 97.1 Å². The summed E-state index contributed by atoms with van der Waals surface area (Å²) in [6.45, 7) is 11.6. The third-order valence-electron chi connectivity index (χ3n) is 8.36. The van der Waals surface area contributed by atoms with E-state index in [2.05, 4.69) is 25.3 Å². The number of rotatable bonds is 8. The summed E-state index contributed by atoms with van der Waals surface area (Å²) in [5, 5.41) is 0. The average Bonchev–Trinajstić information content (AvgIpc) is 2.71. The Labute approximate surface area is 181 Å². The number of hydrogen-bond donors (Lipinski definition) is 0. The van der Waals surface area contributed by atoms with E-state index in [0.717, 1.165) is 36.2 Å². The van der Waals surface area contributed by atoms with Gasteiger partial charge in [0.2, 0.25) is 0 Å².